The van der Waals surface area contributed by atoms with E-state index < -0.39 is 6.61 Å². The number of hydrogen-bond acceptors (Lipinski definition) is 2. The molecule has 4 aliphatic carbocycles. The highest BCUT2D eigenvalue weighted by atomic mass is 19.1. The summed E-state index contributed by atoms with van der Waals surface area (Å²) in [6.45, 7) is 6.46. The zero-order valence-electron chi connectivity index (χ0n) is 18.0. The molecule has 1 N–H and O–H groups in total. The highest BCUT2D eigenvalue weighted by molar-refractivity contribution is 5.97. The molecule has 0 unspecified atom stereocenters. The van der Waals surface area contributed by atoms with Crippen LogP contribution in [0.25, 0.3) is 0 Å². The summed E-state index contributed by atoms with van der Waals surface area (Å²) in [4.78, 5) is 12.7. The Kier molecular flexibility index (Phi) is 5.35. The van der Waals surface area contributed by atoms with Gasteiger partial charge in [-0.3, -0.25) is 4.79 Å². The molecule has 0 radical (unpaired) electrons. The number of fused-ring (bicyclic) bond motifs is 5. The second kappa shape index (κ2) is 7.38. The molecule has 3 heteroatoms. The van der Waals surface area contributed by atoms with Gasteiger partial charge in [0.05, 0.1) is 6.61 Å². The Labute approximate surface area is 169 Å². The Bertz CT molecular complexity index is 720. The van der Waals surface area contributed by atoms with E-state index in [1.54, 1.807) is 0 Å². The van der Waals surface area contributed by atoms with Crippen LogP contribution in [0.3, 0.4) is 0 Å². The molecule has 3 fully saturated rings. The third-order valence-corrected chi connectivity index (χ3v) is 9.28. The van der Waals surface area contributed by atoms with E-state index in [0.29, 0.717) is 30.0 Å². The molecule has 0 aromatic carbocycles. The van der Waals surface area contributed by atoms with Gasteiger partial charge in [0.1, 0.15) is 5.83 Å². The van der Waals surface area contributed by atoms with Crippen LogP contribution in [0, 0.1) is 28.6 Å². The first-order valence-corrected chi connectivity index (χ1v) is 11.6. The van der Waals surface area contributed by atoms with Crippen molar-refractivity contribution in [3.05, 3.63) is 22.5 Å². The van der Waals surface area contributed by atoms with Crippen molar-refractivity contribution >= 4 is 5.78 Å². The van der Waals surface area contributed by atoms with E-state index in [-0.39, 0.29) is 16.7 Å². The fourth-order valence-electron chi connectivity index (χ4n) is 7.82. The topological polar surface area (TPSA) is 37.3 Å². The van der Waals surface area contributed by atoms with Gasteiger partial charge in [-0.25, -0.2) is 4.39 Å². The largest absolute Gasteiger partial charge is 0.389 e. The van der Waals surface area contributed by atoms with Gasteiger partial charge in [-0.05, 0) is 97.5 Å². The molecule has 2 nitrogen and oxygen atoms in total. The fourth-order valence-corrected chi connectivity index (χ4v) is 7.82. The number of ketones is 1. The Morgan fingerprint density at radius 3 is 2.54 bits per heavy atom. The quantitative estimate of drug-likeness (QED) is 0.614. The van der Waals surface area contributed by atoms with Gasteiger partial charge in [0, 0.05) is 6.42 Å². The van der Waals surface area contributed by atoms with E-state index in [1.807, 2.05) is 0 Å². The van der Waals surface area contributed by atoms with E-state index in [2.05, 4.69) is 20.8 Å². The average molecular weight is 389 g/mol. The summed E-state index contributed by atoms with van der Waals surface area (Å²) in [5, 5.41) is 9.38. The van der Waals surface area contributed by atoms with E-state index in [0.717, 1.165) is 69.8 Å². The summed E-state index contributed by atoms with van der Waals surface area (Å²) in [6, 6.07) is 0. The van der Waals surface area contributed by atoms with Crippen molar-refractivity contribution in [3.63, 3.8) is 0 Å². The van der Waals surface area contributed by atoms with Gasteiger partial charge < -0.3 is 5.11 Å². The number of allylic oxidation sites excluding steroid dienone is 2. The van der Waals surface area contributed by atoms with Gasteiger partial charge in [-0.2, -0.15) is 0 Å². The SMILES string of the molecule is CCCCC1=C2CC[C@@H]3[C@H](CC[C@]4(C)C(=C(F)CO)CC[C@@H]34)[C@@]2(C)CCC1=O. The van der Waals surface area contributed by atoms with Crippen LogP contribution in [0.5, 0.6) is 0 Å². The molecule has 0 amide bonds. The van der Waals surface area contributed by atoms with Gasteiger partial charge in [0.2, 0.25) is 0 Å². The molecule has 0 aromatic heterocycles. The summed E-state index contributed by atoms with van der Waals surface area (Å²) in [5.74, 6) is 1.95. The summed E-state index contributed by atoms with van der Waals surface area (Å²) < 4.78 is 14.4. The molecule has 0 bridgehead atoms. The van der Waals surface area contributed by atoms with E-state index >= 15 is 0 Å². The zero-order chi connectivity index (χ0) is 20.1. The number of rotatable bonds is 4. The van der Waals surface area contributed by atoms with Crippen molar-refractivity contribution in [1.82, 2.24) is 0 Å². The predicted molar refractivity (Wildman–Crippen MR) is 110 cm³/mol. The molecular weight excluding hydrogens is 351 g/mol. The molecule has 0 saturated heterocycles. The fraction of sp³-hybridized carbons (Fsp3) is 0.800. The third kappa shape index (κ3) is 2.87. The van der Waals surface area contributed by atoms with Crippen LogP contribution in [0.4, 0.5) is 4.39 Å². The molecule has 4 rings (SSSR count). The van der Waals surface area contributed by atoms with Crippen LogP contribution in [0.2, 0.25) is 0 Å². The van der Waals surface area contributed by atoms with E-state index in [9.17, 15) is 14.3 Å². The molecular formula is C25H37FO2. The van der Waals surface area contributed by atoms with Crippen molar-refractivity contribution in [1.29, 1.82) is 0 Å². The van der Waals surface area contributed by atoms with Gasteiger partial charge in [0.15, 0.2) is 5.78 Å². The second-order valence-electron chi connectivity index (χ2n) is 10.4. The van der Waals surface area contributed by atoms with Crippen molar-refractivity contribution in [3.8, 4) is 0 Å². The molecule has 5 atom stereocenters. The van der Waals surface area contributed by atoms with Crippen molar-refractivity contribution in [2.75, 3.05) is 6.61 Å². The normalized spacial score (nSPS) is 42.2. The maximum atomic E-state index is 14.4. The molecule has 4 aliphatic rings. The Hall–Kier alpha value is -0.960. The van der Waals surface area contributed by atoms with Gasteiger partial charge in [-0.1, -0.05) is 32.8 Å². The van der Waals surface area contributed by atoms with Gasteiger partial charge in [0.25, 0.3) is 0 Å². The van der Waals surface area contributed by atoms with Gasteiger partial charge in [-0.15, -0.1) is 0 Å². The molecule has 0 aromatic rings. The number of aliphatic hydroxyl groups excluding tert-OH is 1. The number of carbonyl (C=O) groups excluding carboxylic acids is 1. The predicted octanol–water partition coefficient (Wildman–Crippen LogP) is 6.29. The first kappa shape index (κ1) is 20.3. The second-order valence-corrected chi connectivity index (χ2v) is 10.4. The monoisotopic (exact) mass is 388 g/mol. The van der Waals surface area contributed by atoms with E-state index in [1.165, 1.54) is 11.1 Å². The number of halogens is 1. The van der Waals surface area contributed by atoms with Crippen LogP contribution in [0.15, 0.2) is 22.5 Å². The summed E-state index contributed by atoms with van der Waals surface area (Å²) in [6.07, 6.45) is 11.2. The lowest BCUT2D eigenvalue weighted by Crippen LogP contribution is -2.50. The average Bonchev–Trinajstić information content (AvgIpc) is 3.04. The van der Waals surface area contributed by atoms with Crippen LogP contribution < -0.4 is 0 Å². The maximum Gasteiger partial charge on any atom is 0.158 e. The van der Waals surface area contributed by atoms with Crippen LogP contribution >= 0.6 is 0 Å². The van der Waals surface area contributed by atoms with Crippen LogP contribution in [-0.4, -0.2) is 17.5 Å². The van der Waals surface area contributed by atoms with Gasteiger partial charge >= 0.3 is 0 Å². The summed E-state index contributed by atoms with van der Waals surface area (Å²) >= 11 is 0. The number of unbranched alkanes of at least 4 members (excludes halogenated alkanes) is 1. The molecule has 0 spiro atoms. The van der Waals surface area contributed by atoms with Crippen LogP contribution in [-0.2, 0) is 4.79 Å². The molecule has 0 heterocycles. The zero-order valence-corrected chi connectivity index (χ0v) is 18.0. The number of Topliss-reactive ketones (excluding diaryl/α,β-unsaturated/α-hetero) is 1. The summed E-state index contributed by atoms with van der Waals surface area (Å²) in [7, 11) is 0. The minimum Gasteiger partial charge on any atom is -0.389 e. The first-order valence-electron chi connectivity index (χ1n) is 11.6. The number of carbonyl (C=O) groups is 1. The Morgan fingerprint density at radius 2 is 1.82 bits per heavy atom. The van der Waals surface area contributed by atoms with Crippen molar-refractivity contribution in [2.45, 2.75) is 91.4 Å². The molecule has 156 valence electrons. The minimum atomic E-state index is -0.445. The number of hydrogen-bond donors (Lipinski definition) is 1. The highest BCUT2D eigenvalue weighted by Crippen LogP contribution is 2.67. The maximum absolute atomic E-state index is 14.4. The van der Waals surface area contributed by atoms with Crippen molar-refractivity contribution < 1.29 is 14.3 Å². The Balaban J connectivity index is 1.68. The minimum absolute atomic E-state index is 0.0684. The molecule has 0 aliphatic heterocycles. The molecule has 28 heavy (non-hydrogen) atoms. The lowest BCUT2D eigenvalue weighted by atomic mass is 9.46. The van der Waals surface area contributed by atoms with E-state index in [4.69, 9.17) is 0 Å². The summed E-state index contributed by atoms with van der Waals surface area (Å²) in [5.41, 5.74) is 3.69. The lowest BCUT2D eigenvalue weighted by Gasteiger charge is -2.58. The highest BCUT2D eigenvalue weighted by Gasteiger charge is 2.58. The van der Waals surface area contributed by atoms with Crippen LogP contribution in [0.1, 0.15) is 91.4 Å². The Morgan fingerprint density at radius 1 is 1.07 bits per heavy atom. The third-order valence-electron chi connectivity index (χ3n) is 9.28. The number of aliphatic hydroxyl groups is 1. The lowest BCUT2D eigenvalue weighted by molar-refractivity contribution is -0.118. The standard InChI is InChI=1S/C25H37FO2/c1-4-5-6-17-19-8-7-16-18-9-10-21(22(26)15-27)25(18,3)13-11-20(16)24(19,2)14-12-23(17)28/h16,18,20,27H,4-15H2,1-3H3/t16-,18-,20-,24-,25-/m0/s1. The van der Waals surface area contributed by atoms with Crippen molar-refractivity contribution in [2.24, 2.45) is 28.6 Å². The molecule has 3 saturated carbocycles. The smallest absolute Gasteiger partial charge is 0.158 e. The first-order chi connectivity index (χ1) is 13.4.